The van der Waals surface area contributed by atoms with Crippen molar-refractivity contribution in [3.63, 3.8) is 0 Å². The molecule has 0 radical (unpaired) electrons. The van der Waals surface area contributed by atoms with Gasteiger partial charge in [0.05, 0.1) is 11.5 Å². The maximum absolute atomic E-state index is 13.0. The molecule has 1 heterocycles. The van der Waals surface area contributed by atoms with E-state index in [0.717, 1.165) is 16.0 Å². The number of hydrogen-bond donors (Lipinski definition) is 0. The van der Waals surface area contributed by atoms with E-state index in [9.17, 15) is 14.0 Å². The van der Waals surface area contributed by atoms with Crippen molar-refractivity contribution in [1.29, 1.82) is 0 Å². The van der Waals surface area contributed by atoms with Crippen molar-refractivity contribution in [2.45, 2.75) is 13.8 Å². The van der Waals surface area contributed by atoms with Crippen LogP contribution >= 0.6 is 11.3 Å². The third-order valence-electron chi connectivity index (χ3n) is 3.25. The first kappa shape index (κ1) is 17.1. The van der Waals surface area contributed by atoms with Crippen LogP contribution in [0.1, 0.15) is 22.2 Å². The Morgan fingerprint density at radius 2 is 1.91 bits per heavy atom. The second-order valence-corrected chi connectivity index (χ2v) is 6.15. The highest BCUT2D eigenvalue weighted by Gasteiger charge is 2.19. The van der Waals surface area contributed by atoms with Gasteiger partial charge in [0.1, 0.15) is 12.4 Å². The molecule has 23 heavy (non-hydrogen) atoms. The standard InChI is InChI=1S/C17H18FNO3S/c1-4-22-15(20)10-19(3)17(21)14-9-11(2)16(23-14)12-5-7-13(18)8-6-12/h5-9H,4,10H2,1-3H3. The Kier molecular flexibility index (Phi) is 5.50. The van der Waals surface area contributed by atoms with Crippen LogP contribution in [0.5, 0.6) is 0 Å². The molecule has 1 aromatic carbocycles. The number of thiophene rings is 1. The summed E-state index contributed by atoms with van der Waals surface area (Å²) in [5.74, 6) is -0.969. The number of aryl methyl sites for hydroxylation is 1. The molecule has 0 saturated heterocycles. The molecule has 0 atom stereocenters. The average molecular weight is 335 g/mol. The van der Waals surface area contributed by atoms with Gasteiger partial charge in [0, 0.05) is 11.9 Å². The third kappa shape index (κ3) is 4.16. The number of nitrogens with zero attached hydrogens (tertiary/aromatic N) is 1. The van der Waals surface area contributed by atoms with Gasteiger partial charge in [-0.05, 0) is 43.2 Å². The van der Waals surface area contributed by atoms with Gasteiger partial charge < -0.3 is 9.64 Å². The molecule has 122 valence electrons. The molecule has 0 fully saturated rings. The fourth-order valence-electron chi connectivity index (χ4n) is 2.14. The van der Waals surface area contributed by atoms with Gasteiger partial charge >= 0.3 is 5.97 Å². The number of benzene rings is 1. The Labute approximate surface area is 138 Å². The first-order chi connectivity index (χ1) is 10.9. The number of carbonyl (C=O) groups is 2. The van der Waals surface area contributed by atoms with E-state index in [2.05, 4.69) is 0 Å². The number of likely N-dealkylation sites (N-methyl/N-ethyl adjacent to an activating group) is 1. The lowest BCUT2D eigenvalue weighted by Gasteiger charge is -2.14. The molecule has 0 spiro atoms. The SMILES string of the molecule is CCOC(=O)CN(C)C(=O)c1cc(C)c(-c2ccc(F)cc2)s1. The lowest BCUT2D eigenvalue weighted by Crippen LogP contribution is -2.32. The average Bonchev–Trinajstić information content (AvgIpc) is 2.89. The minimum absolute atomic E-state index is 0.0878. The third-order valence-corrected chi connectivity index (χ3v) is 4.53. The van der Waals surface area contributed by atoms with E-state index in [0.29, 0.717) is 4.88 Å². The Morgan fingerprint density at radius 1 is 1.26 bits per heavy atom. The van der Waals surface area contributed by atoms with Gasteiger partial charge in [0.25, 0.3) is 5.91 Å². The minimum atomic E-state index is -0.435. The van der Waals surface area contributed by atoms with Gasteiger partial charge in [0.2, 0.25) is 0 Å². The number of hydrogen-bond acceptors (Lipinski definition) is 4. The zero-order chi connectivity index (χ0) is 17.0. The first-order valence-electron chi connectivity index (χ1n) is 7.19. The van der Waals surface area contributed by atoms with Crippen LogP contribution in [0.25, 0.3) is 10.4 Å². The van der Waals surface area contributed by atoms with Crippen LogP contribution in [0, 0.1) is 12.7 Å². The summed E-state index contributed by atoms with van der Waals surface area (Å²) in [6.07, 6.45) is 0. The maximum Gasteiger partial charge on any atom is 0.325 e. The van der Waals surface area contributed by atoms with E-state index < -0.39 is 5.97 Å². The van der Waals surface area contributed by atoms with Crippen LogP contribution in [-0.4, -0.2) is 37.0 Å². The van der Waals surface area contributed by atoms with Crippen LogP contribution in [0.2, 0.25) is 0 Å². The van der Waals surface area contributed by atoms with Crippen molar-refractivity contribution >= 4 is 23.2 Å². The molecular weight excluding hydrogens is 317 g/mol. The Balaban J connectivity index is 2.18. The Bertz CT molecular complexity index is 709. The number of esters is 1. The highest BCUT2D eigenvalue weighted by molar-refractivity contribution is 7.17. The van der Waals surface area contributed by atoms with E-state index in [1.807, 2.05) is 6.92 Å². The molecule has 0 aliphatic rings. The van der Waals surface area contributed by atoms with E-state index in [1.165, 1.54) is 28.4 Å². The molecule has 4 nitrogen and oxygen atoms in total. The summed E-state index contributed by atoms with van der Waals surface area (Å²) in [6.45, 7) is 3.82. The van der Waals surface area contributed by atoms with Gasteiger partial charge in [-0.25, -0.2) is 4.39 Å². The summed E-state index contributed by atoms with van der Waals surface area (Å²) in [5, 5.41) is 0. The molecular formula is C17H18FNO3S. The molecule has 0 saturated carbocycles. The topological polar surface area (TPSA) is 46.6 Å². The fraction of sp³-hybridized carbons (Fsp3) is 0.294. The maximum atomic E-state index is 13.0. The molecule has 2 aromatic rings. The van der Waals surface area contributed by atoms with Crippen molar-refractivity contribution in [2.24, 2.45) is 0 Å². The smallest absolute Gasteiger partial charge is 0.325 e. The molecule has 0 N–H and O–H groups in total. The largest absolute Gasteiger partial charge is 0.465 e. The minimum Gasteiger partial charge on any atom is -0.465 e. The van der Waals surface area contributed by atoms with Crippen molar-refractivity contribution in [2.75, 3.05) is 20.2 Å². The number of ether oxygens (including phenoxy) is 1. The molecule has 0 aliphatic heterocycles. The second-order valence-electron chi connectivity index (χ2n) is 5.10. The summed E-state index contributed by atoms with van der Waals surface area (Å²) in [5.41, 5.74) is 1.80. The van der Waals surface area contributed by atoms with Crippen LogP contribution in [0.15, 0.2) is 30.3 Å². The van der Waals surface area contributed by atoms with Gasteiger partial charge in [-0.1, -0.05) is 12.1 Å². The normalized spacial score (nSPS) is 10.4. The van der Waals surface area contributed by atoms with Gasteiger partial charge in [0.15, 0.2) is 0 Å². The highest BCUT2D eigenvalue weighted by Crippen LogP contribution is 2.33. The number of halogens is 1. The molecule has 0 aliphatic carbocycles. The number of rotatable bonds is 5. The van der Waals surface area contributed by atoms with Crippen LogP contribution < -0.4 is 0 Å². The van der Waals surface area contributed by atoms with Crippen molar-refractivity contribution < 1.29 is 18.7 Å². The van der Waals surface area contributed by atoms with Crippen LogP contribution in [0.3, 0.4) is 0 Å². The van der Waals surface area contributed by atoms with Crippen molar-refractivity contribution in [1.82, 2.24) is 4.90 Å². The zero-order valence-electron chi connectivity index (χ0n) is 13.3. The van der Waals surface area contributed by atoms with Crippen molar-refractivity contribution in [3.8, 4) is 10.4 Å². The predicted octanol–water partition coefficient (Wildman–Crippen LogP) is 3.50. The summed E-state index contributed by atoms with van der Waals surface area (Å²) in [6, 6.07) is 7.94. The molecule has 0 bridgehead atoms. The van der Waals surface area contributed by atoms with Crippen LogP contribution in [-0.2, 0) is 9.53 Å². The van der Waals surface area contributed by atoms with Gasteiger partial charge in [-0.3, -0.25) is 9.59 Å². The first-order valence-corrected chi connectivity index (χ1v) is 8.01. The molecule has 6 heteroatoms. The zero-order valence-corrected chi connectivity index (χ0v) is 14.1. The van der Waals surface area contributed by atoms with Gasteiger partial charge in [-0.15, -0.1) is 11.3 Å². The molecule has 0 unspecified atom stereocenters. The quantitative estimate of drug-likeness (QED) is 0.786. The van der Waals surface area contributed by atoms with Gasteiger partial charge in [-0.2, -0.15) is 0 Å². The van der Waals surface area contributed by atoms with E-state index in [-0.39, 0.29) is 24.9 Å². The predicted molar refractivity (Wildman–Crippen MR) is 88.0 cm³/mol. The second kappa shape index (κ2) is 7.37. The Morgan fingerprint density at radius 3 is 2.52 bits per heavy atom. The molecule has 1 aromatic heterocycles. The van der Waals surface area contributed by atoms with E-state index in [4.69, 9.17) is 4.74 Å². The Hall–Kier alpha value is -2.21. The number of amides is 1. The fourth-order valence-corrected chi connectivity index (χ4v) is 3.31. The lowest BCUT2D eigenvalue weighted by molar-refractivity contribution is -0.143. The number of carbonyl (C=O) groups excluding carboxylic acids is 2. The summed E-state index contributed by atoms with van der Waals surface area (Å²) >= 11 is 1.33. The lowest BCUT2D eigenvalue weighted by atomic mass is 10.1. The summed E-state index contributed by atoms with van der Waals surface area (Å²) in [4.78, 5) is 26.7. The molecule has 1 amide bonds. The highest BCUT2D eigenvalue weighted by atomic mass is 32.1. The van der Waals surface area contributed by atoms with E-state index >= 15 is 0 Å². The summed E-state index contributed by atoms with van der Waals surface area (Å²) in [7, 11) is 1.56. The summed E-state index contributed by atoms with van der Waals surface area (Å²) < 4.78 is 17.9. The van der Waals surface area contributed by atoms with Crippen molar-refractivity contribution in [3.05, 3.63) is 46.6 Å². The molecule has 2 rings (SSSR count). The van der Waals surface area contributed by atoms with Crippen LogP contribution in [0.4, 0.5) is 4.39 Å². The van der Waals surface area contributed by atoms with E-state index in [1.54, 1.807) is 32.2 Å². The monoisotopic (exact) mass is 335 g/mol.